The summed E-state index contributed by atoms with van der Waals surface area (Å²) in [6.07, 6.45) is 7.93. The standard InChI is InChI=1S/C20H24N6O2/c1-14(19(21)27)26-13-18(12-24-26)16-5-3-6-17(11-16)20(28)23-7-4-9-25-10-8-22-15(25)2/h3,5-6,8,10-14H,4,7,9H2,1-2H3,(H2,21,27)(H,23,28)/t14-/m0/s1. The first-order valence-corrected chi connectivity index (χ1v) is 9.15. The molecule has 0 fully saturated rings. The second-order valence-corrected chi connectivity index (χ2v) is 6.65. The summed E-state index contributed by atoms with van der Waals surface area (Å²) in [6.45, 7) is 5.03. The number of carbonyl (C=O) groups excluding carboxylic acids is 2. The van der Waals surface area contributed by atoms with E-state index < -0.39 is 11.9 Å². The van der Waals surface area contributed by atoms with Crippen LogP contribution in [0.15, 0.2) is 49.1 Å². The van der Waals surface area contributed by atoms with Crippen molar-refractivity contribution in [3.63, 3.8) is 0 Å². The van der Waals surface area contributed by atoms with E-state index in [1.807, 2.05) is 31.3 Å². The van der Waals surface area contributed by atoms with Gasteiger partial charge in [-0.15, -0.1) is 0 Å². The Morgan fingerprint density at radius 2 is 2.11 bits per heavy atom. The third kappa shape index (κ3) is 4.46. The molecule has 1 aromatic carbocycles. The first kappa shape index (κ1) is 19.3. The molecule has 0 radical (unpaired) electrons. The van der Waals surface area contributed by atoms with Crippen molar-refractivity contribution in [1.29, 1.82) is 0 Å². The minimum Gasteiger partial charge on any atom is -0.368 e. The van der Waals surface area contributed by atoms with Gasteiger partial charge >= 0.3 is 0 Å². The Balaban J connectivity index is 1.60. The van der Waals surface area contributed by atoms with Crippen molar-refractivity contribution in [3.8, 4) is 11.1 Å². The molecule has 8 nitrogen and oxygen atoms in total. The maximum atomic E-state index is 12.4. The minimum atomic E-state index is -0.528. The zero-order valence-corrected chi connectivity index (χ0v) is 16.0. The third-order valence-corrected chi connectivity index (χ3v) is 4.65. The van der Waals surface area contributed by atoms with E-state index in [9.17, 15) is 9.59 Å². The highest BCUT2D eigenvalue weighted by atomic mass is 16.2. The number of carbonyl (C=O) groups is 2. The van der Waals surface area contributed by atoms with Crippen LogP contribution in [0.25, 0.3) is 11.1 Å². The van der Waals surface area contributed by atoms with Gasteiger partial charge in [0.2, 0.25) is 5.91 Å². The lowest BCUT2D eigenvalue weighted by atomic mass is 10.1. The van der Waals surface area contributed by atoms with Crippen molar-refractivity contribution >= 4 is 11.8 Å². The summed E-state index contributed by atoms with van der Waals surface area (Å²) >= 11 is 0. The Kier molecular flexibility index (Phi) is 5.88. The fourth-order valence-electron chi connectivity index (χ4n) is 2.86. The molecular formula is C20H24N6O2. The molecule has 0 saturated carbocycles. The number of imidazole rings is 1. The Labute approximate surface area is 163 Å². The van der Waals surface area contributed by atoms with E-state index in [4.69, 9.17) is 5.73 Å². The molecule has 2 amide bonds. The van der Waals surface area contributed by atoms with Crippen LogP contribution in [0.1, 0.15) is 35.6 Å². The van der Waals surface area contributed by atoms with Crippen LogP contribution in [0.3, 0.4) is 0 Å². The number of nitrogens with one attached hydrogen (secondary N) is 1. The Morgan fingerprint density at radius 3 is 2.82 bits per heavy atom. The van der Waals surface area contributed by atoms with Crippen molar-refractivity contribution in [3.05, 3.63) is 60.4 Å². The molecule has 0 spiro atoms. The number of nitrogens with zero attached hydrogens (tertiary/aromatic N) is 4. The molecule has 2 aromatic heterocycles. The number of primary amides is 1. The van der Waals surface area contributed by atoms with Crippen molar-refractivity contribution in [2.75, 3.05) is 6.54 Å². The summed E-state index contributed by atoms with van der Waals surface area (Å²) in [5.41, 5.74) is 7.56. The molecule has 0 aliphatic heterocycles. The summed E-state index contributed by atoms with van der Waals surface area (Å²) in [5.74, 6) is 0.390. The lowest BCUT2D eigenvalue weighted by Crippen LogP contribution is -2.25. The molecule has 1 atom stereocenters. The predicted octanol–water partition coefficient (Wildman–Crippen LogP) is 1.92. The highest BCUT2D eigenvalue weighted by Gasteiger charge is 2.13. The van der Waals surface area contributed by atoms with Crippen LogP contribution in [-0.2, 0) is 11.3 Å². The lowest BCUT2D eigenvalue weighted by Gasteiger charge is -2.08. The highest BCUT2D eigenvalue weighted by Crippen LogP contribution is 2.21. The number of hydrogen-bond acceptors (Lipinski definition) is 4. The molecule has 0 unspecified atom stereocenters. The second-order valence-electron chi connectivity index (χ2n) is 6.65. The van der Waals surface area contributed by atoms with Crippen LogP contribution in [0.2, 0.25) is 0 Å². The van der Waals surface area contributed by atoms with Crippen molar-refractivity contribution in [1.82, 2.24) is 24.6 Å². The summed E-state index contributed by atoms with van der Waals surface area (Å²) in [4.78, 5) is 27.9. The maximum absolute atomic E-state index is 12.4. The van der Waals surface area contributed by atoms with E-state index in [1.165, 1.54) is 4.68 Å². The summed E-state index contributed by atoms with van der Waals surface area (Å²) in [7, 11) is 0. The molecule has 146 valence electrons. The first-order valence-electron chi connectivity index (χ1n) is 9.15. The number of benzene rings is 1. The van der Waals surface area contributed by atoms with Crippen molar-refractivity contribution in [2.45, 2.75) is 32.9 Å². The van der Waals surface area contributed by atoms with E-state index in [-0.39, 0.29) is 5.91 Å². The second kappa shape index (κ2) is 8.51. The largest absolute Gasteiger partial charge is 0.368 e. The zero-order valence-electron chi connectivity index (χ0n) is 16.0. The Hall–Kier alpha value is -3.42. The summed E-state index contributed by atoms with van der Waals surface area (Å²) in [6, 6.07) is 6.78. The first-order chi connectivity index (χ1) is 13.5. The fraction of sp³-hybridized carbons (Fsp3) is 0.300. The van der Waals surface area contributed by atoms with E-state index >= 15 is 0 Å². The normalized spacial score (nSPS) is 11.9. The van der Waals surface area contributed by atoms with Crippen LogP contribution < -0.4 is 11.1 Å². The van der Waals surface area contributed by atoms with Gasteiger partial charge < -0.3 is 15.6 Å². The van der Waals surface area contributed by atoms with Crippen LogP contribution in [0.4, 0.5) is 0 Å². The molecule has 3 rings (SSSR count). The van der Waals surface area contributed by atoms with E-state index in [1.54, 1.807) is 31.6 Å². The summed E-state index contributed by atoms with van der Waals surface area (Å²) in [5, 5.41) is 7.13. The van der Waals surface area contributed by atoms with Gasteiger partial charge in [0.05, 0.1) is 6.20 Å². The van der Waals surface area contributed by atoms with Gasteiger partial charge in [-0.3, -0.25) is 14.3 Å². The number of aryl methyl sites for hydroxylation is 2. The van der Waals surface area contributed by atoms with E-state index in [0.717, 1.165) is 29.9 Å². The number of nitrogens with two attached hydrogens (primary N) is 1. The number of aromatic nitrogens is 4. The monoisotopic (exact) mass is 380 g/mol. The van der Waals surface area contributed by atoms with Gasteiger partial charge in [-0.2, -0.15) is 5.10 Å². The van der Waals surface area contributed by atoms with Gasteiger partial charge in [-0.05, 0) is 38.0 Å². The molecule has 8 heteroatoms. The fourth-order valence-corrected chi connectivity index (χ4v) is 2.86. The average Bonchev–Trinajstić information content (AvgIpc) is 3.34. The average molecular weight is 380 g/mol. The SMILES string of the molecule is Cc1nccn1CCCNC(=O)c1cccc(-c2cnn([C@@H](C)C(N)=O)c2)c1. The minimum absolute atomic E-state index is 0.123. The Morgan fingerprint density at radius 1 is 1.29 bits per heavy atom. The molecule has 3 aromatic rings. The lowest BCUT2D eigenvalue weighted by molar-refractivity contribution is -0.120. The molecular weight excluding hydrogens is 356 g/mol. The maximum Gasteiger partial charge on any atom is 0.251 e. The van der Waals surface area contributed by atoms with Gasteiger partial charge in [-0.25, -0.2) is 4.98 Å². The number of rotatable bonds is 8. The molecule has 28 heavy (non-hydrogen) atoms. The number of amides is 2. The third-order valence-electron chi connectivity index (χ3n) is 4.65. The smallest absolute Gasteiger partial charge is 0.251 e. The van der Waals surface area contributed by atoms with Crippen LogP contribution >= 0.6 is 0 Å². The van der Waals surface area contributed by atoms with Crippen molar-refractivity contribution < 1.29 is 9.59 Å². The van der Waals surface area contributed by atoms with Crippen LogP contribution in [-0.4, -0.2) is 37.7 Å². The molecule has 0 aliphatic rings. The molecule has 3 N–H and O–H groups in total. The van der Waals surface area contributed by atoms with E-state index in [0.29, 0.717) is 12.1 Å². The molecule has 0 saturated heterocycles. The van der Waals surface area contributed by atoms with Gasteiger partial charge in [0.25, 0.3) is 5.91 Å². The predicted molar refractivity (Wildman–Crippen MR) is 105 cm³/mol. The molecule has 0 aliphatic carbocycles. The van der Waals surface area contributed by atoms with Gasteiger partial charge in [0, 0.05) is 42.8 Å². The van der Waals surface area contributed by atoms with E-state index in [2.05, 4.69) is 20.0 Å². The quantitative estimate of drug-likeness (QED) is 0.582. The van der Waals surface area contributed by atoms with Gasteiger partial charge in [0.1, 0.15) is 11.9 Å². The van der Waals surface area contributed by atoms with Crippen LogP contribution in [0.5, 0.6) is 0 Å². The molecule has 0 bridgehead atoms. The summed E-state index contributed by atoms with van der Waals surface area (Å²) < 4.78 is 3.57. The topological polar surface area (TPSA) is 108 Å². The van der Waals surface area contributed by atoms with Crippen LogP contribution in [0, 0.1) is 6.92 Å². The van der Waals surface area contributed by atoms with Gasteiger partial charge in [-0.1, -0.05) is 12.1 Å². The Bertz CT molecular complexity index is 974. The zero-order chi connectivity index (χ0) is 20.1. The van der Waals surface area contributed by atoms with Crippen molar-refractivity contribution in [2.24, 2.45) is 5.73 Å². The van der Waals surface area contributed by atoms with Gasteiger partial charge in [0.15, 0.2) is 0 Å². The number of hydrogen-bond donors (Lipinski definition) is 2. The highest BCUT2D eigenvalue weighted by molar-refractivity contribution is 5.95. The molecule has 2 heterocycles.